The largest absolute Gasteiger partial charge is 0.284 e. The summed E-state index contributed by atoms with van der Waals surface area (Å²) >= 11 is 0. The second-order valence-electron chi connectivity index (χ2n) is 3.97. The molecule has 3 rings (SSSR count). The zero-order valence-corrected chi connectivity index (χ0v) is 10.1. The first kappa shape index (κ1) is 12.5. The first-order valence-corrected chi connectivity index (χ1v) is 5.08. The third-order valence-corrected chi connectivity index (χ3v) is 3.22. The second-order valence-corrected chi connectivity index (χ2v) is 3.97. The smallest absolute Gasteiger partial charge is 0.0646 e. The Balaban J connectivity index is 0.000000562. The summed E-state index contributed by atoms with van der Waals surface area (Å²) in [5.41, 5.74) is 1.67. The third-order valence-electron chi connectivity index (χ3n) is 3.22. The van der Waals surface area contributed by atoms with Gasteiger partial charge < -0.3 is 0 Å². The van der Waals surface area contributed by atoms with Gasteiger partial charge in [-0.15, -0.1) is 24.8 Å². The fourth-order valence-corrected chi connectivity index (χ4v) is 2.56. The summed E-state index contributed by atoms with van der Waals surface area (Å²) in [6.07, 6.45) is 4.02. The highest BCUT2D eigenvalue weighted by atomic mass is 35.5. The average Bonchev–Trinajstić information content (AvgIpc) is 2.65. The van der Waals surface area contributed by atoms with E-state index in [2.05, 4.69) is 29.3 Å². The van der Waals surface area contributed by atoms with Crippen molar-refractivity contribution in [1.29, 1.82) is 0 Å². The first-order valence-electron chi connectivity index (χ1n) is 5.08. The summed E-state index contributed by atoms with van der Waals surface area (Å²) in [6, 6.07) is 8.57. The molecule has 1 aliphatic carbocycles. The molecule has 1 saturated carbocycles. The van der Waals surface area contributed by atoms with E-state index in [9.17, 15) is 0 Å². The average molecular weight is 244 g/mol. The maximum Gasteiger partial charge on any atom is 0.0646 e. The van der Waals surface area contributed by atoms with Crippen LogP contribution in [0.25, 0.3) is 5.57 Å². The molecule has 15 heavy (non-hydrogen) atoms. The minimum Gasteiger partial charge on any atom is -0.284 e. The van der Waals surface area contributed by atoms with Gasteiger partial charge in [0.2, 0.25) is 0 Å². The van der Waals surface area contributed by atoms with Gasteiger partial charge in [-0.2, -0.15) is 0 Å². The summed E-state index contributed by atoms with van der Waals surface area (Å²) in [4.78, 5) is 4.61. The summed E-state index contributed by atoms with van der Waals surface area (Å²) in [7, 11) is 0. The van der Waals surface area contributed by atoms with Crippen LogP contribution in [0.5, 0.6) is 0 Å². The van der Waals surface area contributed by atoms with Crippen LogP contribution in [-0.2, 0) is 0 Å². The maximum atomic E-state index is 4.61. The van der Waals surface area contributed by atoms with E-state index >= 15 is 0 Å². The zero-order chi connectivity index (χ0) is 8.67. The van der Waals surface area contributed by atoms with E-state index in [0.717, 1.165) is 12.5 Å². The lowest BCUT2D eigenvalue weighted by Crippen LogP contribution is -2.33. The van der Waals surface area contributed by atoms with Crippen molar-refractivity contribution in [3.63, 3.8) is 0 Å². The SMILES string of the molecule is Cl.Cl.c1ccc2c(c1)=NCC1CCCC=21. The Morgan fingerprint density at radius 2 is 1.93 bits per heavy atom. The molecule has 2 aliphatic rings. The molecular weight excluding hydrogens is 229 g/mol. The van der Waals surface area contributed by atoms with Crippen molar-refractivity contribution in [2.75, 3.05) is 6.54 Å². The standard InChI is InChI=1S/C12H13N.2ClH/c1-2-7-12-11(5-1)10-6-3-4-9(10)8-13-12;;/h1-2,5,7,9H,3-4,6,8H2;2*1H. The summed E-state index contributed by atoms with van der Waals surface area (Å²) in [5, 5.41) is 2.65. The molecule has 1 nitrogen and oxygen atoms in total. The number of rotatable bonds is 0. The summed E-state index contributed by atoms with van der Waals surface area (Å²) in [6.45, 7) is 1.03. The van der Waals surface area contributed by atoms with Crippen LogP contribution in [0.4, 0.5) is 0 Å². The van der Waals surface area contributed by atoms with Gasteiger partial charge in [0.25, 0.3) is 0 Å². The monoisotopic (exact) mass is 243 g/mol. The van der Waals surface area contributed by atoms with Crippen molar-refractivity contribution in [1.82, 2.24) is 0 Å². The van der Waals surface area contributed by atoms with Crippen LogP contribution in [0.15, 0.2) is 29.3 Å². The molecule has 0 aromatic heterocycles. The van der Waals surface area contributed by atoms with E-state index in [1.165, 1.54) is 29.8 Å². The molecule has 1 heterocycles. The lowest BCUT2D eigenvalue weighted by atomic mass is 9.98. The molecule has 3 heteroatoms. The van der Waals surface area contributed by atoms with Crippen LogP contribution in [-0.4, -0.2) is 6.54 Å². The Hall–Kier alpha value is -0.530. The number of benzene rings is 1. The Labute approximate surface area is 102 Å². The molecule has 0 bridgehead atoms. The van der Waals surface area contributed by atoms with Gasteiger partial charge in [0.1, 0.15) is 0 Å². The Morgan fingerprint density at radius 3 is 2.80 bits per heavy atom. The first-order chi connectivity index (χ1) is 6.45. The van der Waals surface area contributed by atoms with Crippen LogP contribution < -0.4 is 10.6 Å². The number of para-hydroxylation sites is 1. The molecule has 1 fully saturated rings. The van der Waals surface area contributed by atoms with Gasteiger partial charge in [0.15, 0.2) is 0 Å². The molecule has 1 atom stereocenters. The molecule has 1 aromatic carbocycles. The van der Waals surface area contributed by atoms with Crippen LogP contribution in [0, 0.1) is 5.92 Å². The van der Waals surface area contributed by atoms with Crippen molar-refractivity contribution >= 4 is 30.4 Å². The van der Waals surface area contributed by atoms with Crippen molar-refractivity contribution in [3.05, 3.63) is 34.8 Å². The number of hydrogen-bond donors (Lipinski definition) is 0. The molecule has 0 N–H and O–H groups in total. The molecule has 0 saturated heterocycles. The van der Waals surface area contributed by atoms with E-state index in [4.69, 9.17) is 0 Å². The Morgan fingerprint density at radius 1 is 1.13 bits per heavy atom. The number of halogens is 2. The highest BCUT2D eigenvalue weighted by Crippen LogP contribution is 2.31. The van der Waals surface area contributed by atoms with Crippen molar-refractivity contribution < 1.29 is 0 Å². The fourth-order valence-electron chi connectivity index (χ4n) is 2.56. The third kappa shape index (κ3) is 2.04. The maximum absolute atomic E-state index is 4.61. The predicted molar refractivity (Wildman–Crippen MR) is 67.3 cm³/mol. The van der Waals surface area contributed by atoms with Crippen LogP contribution in [0.3, 0.4) is 0 Å². The molecule has 1 aliphatic heterocycles. The van der Waals surface area contributed by atoms with Gasteiger partial charge in [-0.05, 0) is 30.5 Å². The zero-order valence-electron chi connectivity index (χ0n) is 8.48. The molecule has 0 spiro atoms. The number of nitrogens with zero attached hydrogens (tertiary/aromatic N) is 1. The molecule has 0 amide bonds. The van der Waals surface area contributed by atoms with Crippen LogP contribution in [0.1, 0.15) is 19.3 Å². The van der Waals surface area contributed by atoms with Crippen molar-refractivity contribution in [3.8, 4) is 0 Å². The lowest BCUT2D eigenvalue weighted by molar-refractivity contribution is 0.648. The Bertz CT molecular complexity index is 453. The highest BCUT2D eigenvalue weighted by molar-refractivity contribution is 5.85. The van der Waals surface area contributed by atoms with Gasteiger partial charge in [0, 0.05) is 12.5 Å². The molecule has 1 aromatic rings. The topological polar surface area (TPSA) is 12.4 Å². The van der Waals surface area contributed by atoms with Gasteiger partial charge in [-0.25, -0.2) is 0 Å². The quantitative estimate of drug-likeness (QED) is 0.662. The van der Waals surface area contributed by atoms with Crippen LogP contribution in [0.2, 0.25) is 0 Å². The highest BCUT2D eigenvalue weighted by Gasteiger charge is 2.23. The second kappa shape index (κ2) is 5.00. The van der Waals surface area contributed by atoms with Gasteiger partial charge >= 0.3 is 0 Å². The fraction of sp³-hybridized carbons (Fsp3) is 0.417. The molecule has 82 valence electrons. The molecular formula is C12H15Cl2N. The van der Waals surface area contributed by atoms with Gasteiger partial charge in [-0.1, -0.05) is 23.8 Å². The van der Waals surface area contributed by atoms with Gasteiger partial charge in [0.05, 0.1) is 5.36 Å². The number of hydrogen-bond acceptors (Lipinski definition) is 1. The minimum absolute atomic E-state index is 0. The van der Waals surface area contributed by atoms with Crippen molar-refractivity contribution in [2.45, 2.75) is 19.3 Å². The molecule has 0 radical (unpaired) electrons. The normalized spacial score (nSPS) is 21.6. The molecule has 1 unspecified atom stereocenters. The Kier molecular flexibility index (Phi) is 4.18. The summed E-state index contributed by atoms with van der Waals surface area (Å²) < 4.78 is 0. The predicted octanol–water partition coefficient (Wildman–Crippen LogP) is 2.11. The minimum atomic E-state index is 0. The van der Waals surface area contributed by atoms with E-state index < -0.39 is 0 Å². The summed E-state index contributed by atoms with van der Waals surface area (Å²) in [5.74, 6) is 0.773. The van der Waals surface area contributed by atoms with E-state index in [0.29, 0.717) is 0 Å². The van der Waals surface area contributed by atoms with E-state index in [1.807, 2.05) is 0 Å². The lowest BCUT2D eigenvalue weighted by Gasteiger charge is -2.13. The van der Waals surface area contributed by atoms with Crippen molar-refractivity contribution in [2.24, 2.45) is 10.9 Å². The van der Waals surface area contributed by atoms with Gasteiger partial charge in [-0.3, -0.25) is 4.99 Å². The van der Waals surface area contributed by atoms with E-state index in [-0.39, 0.29) is 24.8 Å². The number of fused-ring (bicyclic) bond motifs is 2. The van der Waals surface area contributed by atoms with E-state index in [1.54, 1.807) is 5.57 Å². The van der Waals surface area contributed by atoms with Crippen LogP contribution >= 0.6 is 24.8 Å².